The Morgan fingerprint density at radius 1 is 1.38 bits per heavy atom. The van der Waals surface area contributed by atoms with Crippen molar-refractivity contribution in [1.29, 1.82) is 0 Å². The molecule has 94 valence electrons. The monoisotopic (exact) mass is 227 g/mol. The maximum atomic E-state index is 11.5. The van der Waals surface area contributed by atoms with Gasteiger partial charge >= 0.3 is 0 Å². The van der Waals surface area contributed by atoms with Crippen LogP contribution in [0.5, 0.6) is 0 Å². The van der Waals surface area contributed by atoms with Gasteiger partial charge in [-0.2, -0.15) is 0 Å². The van der Waals surface area contributed by atoms with Gasteiger partial charge < -0.3 is 10.4 Å². The third kappa shape index (κ3) is 4.52. The van der Waals surface area contributed by atoms with E-state index in [1.165, 1.54) is 12.8 Å². The molecule has 0 spiro atoms. The zero-order valence-corrected chi connectivity index (χ0v) is 10.7. The highest BCUT2D eigenvalue weighted by molar-refractivity contribution is 5.76. The summed E-state index contributed by atoms with van der Waals surface area (Å²) in [6.45, 7) is 6.16. The summed E-state index contributed by atoms with van der Waals surface area (Å²) < 4.78 is 0. The van der Waals surface area contributed by atoms with E-state index in [1.807, 2.05) is 0 Å². The SMILES string of the molecule is CC(O)CC(=O)N[C@@H]1CCCC(C(C)C)C1. The van der Waals surface area contributed by atoms with E-state index in [-0.39, 0.29) is 12.3 Å². The van der Waals surface area contributed by atoms with Crippen LogP contribution in [0.1, 0.15) is 52.9 Å². The molecule has 2 unspecified atom stereocenters. The Balaban J connectivity index is 2.34. The van der Waals surface area contributed by atoms with Crippen molar-refractivity contribution in [3.8, 4) is 0 Å². The number of aliphatic hydroxyl groups excluding tert-OH is 1. The van der Waals surface area contributed by atoms with E-state index in [0.29, 0.717) is 12.0 Å². The summed E-state index contributed by atoms with van der Waals surface area (Å²) in [7, 11) is 0. The second-order valence-corrected chi connectivity index (χ2v) is 5.49. The standard InChI is InChI=1S/C13H25NO2/c1-9(2)11-5-4-6-12(8-11)14-13(16)7-10(3)15/h9-12,15H,4-8H2,1-3H3,(H,14,16)/t10?,11?,12-/m1/s1. The fourth-order valence-corrected chi connectivity index (χ4v) is 2.52. The summed E-state index contributed by atoms with van der Waals surface area (Å²) in [5.74, 6) is 1.44. The molecule has 0 aliphatic heterocycles. The van der Waals surface area contributed by atoms with E-state index in [9.17, 15) is 4.79 Å². The second-order valence-electron chi connectivity index (χ2n) is 5.49. The van der Waals surface area contributed by atoms with Gasteiger partial charge in [0.25, 0.3) is 0 Å². The number of hydrogen-bond donors (Lipinski definition) is 2. The van der Waals surface area contributed by atoms with Gasteiger partial charge in [-0.25, -0.2) is 0 Å². The maximum absolute atomic E-state index is 11.5. The van der Waals surface area contributed by atoms with Gasteiger partial charge in [-0.15, -0.1) is 0 Å². The molecule has 2 N–H and O–H groups in total. The van der Waals surface area contributed by atoms with Crippen molar-refractivity contribution >= 4 is 5.91 Å². The highest BCUT2D eigenvalue weighted by Gasteiger charge is 2.25. The molecule has 1 amide bonds. The van der Waals surface area contributed by atoms with E-state index in [1.54, 1.807) is 6.92 Å². The molecule has 3 nitrogen and oxygen atoms in total. The molecule has 1 fully saturated rings. The van der Waals surface area contributed by atoms with Crippen LogP contribution >= 0.6 is 0 Å². The van der Waals surface area contributed by atoms with Crippen LogP contribution in [-0.2, 0) is 4.79 Å². The molecule has 3 heteroatoms. The van der Waals surface area contributed by atoms with Gasteiger partial charge in [0.15, 0.2) is 0 Å². The minimum atomic E-state index is -0.538. The van der Waals surface area contributed by atoms with E-state index < -0.39 is 6.10 Å². The molecule has 0 radical (unpaired) electrons. The Hall–Kier alpha value is -0.570. The van der Waals surface area contributed by atoms with Crippen molar-refractivity contribution in [2.75, 3.05) is 0 Å². The van der Waals surface area contributed by atoms with Crippen molar-refractivity contribution in [3.63, 3.8) is 0 Å². The average Bonchev–Trinajstić information content (AvgIpc) is 2.16. The van der Waals surface area contributed by atoms with Crippen LogP contribution < -0.4 is 5.32 Å². The first-order chi connectivity index (χ1) is 7.49. The second kappa shape index (κ2) is 6.24. The van der Waals surface area contributed by atoms with Crippen molar-refractivity contribution in [3.05, 3.63) is 0 Å². The Bertz CT molecular complexity index is 226. The largest absolute Gasteiger partial charge is 0.393 e. The van der Waals surface area contributed by atoms with Gasteiger partial charge in [0, 0.05) is 6.04 Å². The van der Waals surface area contributed by atoms with Crippen LogP contribution in [0.2, 0.25) is 0 Å². The van der Waals surface area contributed by atoms with Crippen LogP contribution in [0, 0.1) is 11.8 Å². The molecular formula is C13H25NO2. The van der Waals surface area contributed by atoms with Gasteiger partial charge in [-0.3, -0.25) is 4.79 Å². The molecular weight excluding hydrogens is 202 g/mol. The van der Waals surface area contributed by atoms with Crippen LogP contribution in [0.25, 0.3) is 0 Å². The van der Waals surface area contributed by atoms with Gasteiger partial charge in [0.1, 0.15) is 0 Å². The summed E-state index contributed by atoms with van der Waals surface area (Å²) >= 11 is 0. The first kappa shape index (κ1) is 13.5. The van der Waals surface area contributed by atoms with Crippen LogP contribution in [0.15, 0.2) is 0 Å². The number of carbonyl (C=O) groups excluding carboxylic acids is 1. The van der Waals surface area contributed by atoms with Gasteiger partial charge in [-0.1, -0.05) is 26.7 Å². The molecule has 1 saturated carbocycles. The predicted octanol–water partition coefficient (Wildman–Crippen LogP) is 2.09. The fourth-order valence-electron chi connectivity index (χ4n) is 2.52. The lowest BCUT2D eigenvalue weighted by Gasteiger charge is -2.32. The smallest absolute Gasteiger partial charge is 0.222 e. The first-order valence-corrected chi connectivity index (χ1v) is 6.46. The predicted molar refractivity (Wildman–Crippen MR) is 65.0 cm³/mol. The number of hydrogen-bond acceptors (Lipinski definition) is 2. The molecule has 1 rings (SSSR count). The van der Waals surface area contributed by atoms with Crippen LogP contribution in [-0.4, -0.2) is 23.2 Å². The van der Waals surface area contributed by atoms with Crippen molar-refractivity contribution in [2.24, 2.45) is 11.8 Å². The summed E-state index contributed by atoms with van der Waals surface area (Å²) in [6.07, 6.45) is 4.38. The molecule has 1 aliphatic carbocycles. The maximum Gasteiger partial charge on any atom is 0.222 e. The Morgan fingerprint density at radius 2 is 2.06 bits per heavy atom. The lowest BCUT2D eigenvalue weighted by molar-refractivity contribution is -0.123. The van der Waals surface area contributed by atoms with Crippen molar-refractivity contribution < 1.29 is 9.90 Å². The molecule has 0 aromatic carbocycles. The number of carbonyl (C=O) groups is 1. The normalized spacial score (nSPS) is 27.8. The third-order valence-electron chi connectivity index (χ3n) is 3.50. The minimum absolute atomic E-state index is 0.00981. The molecule has 16 heavy (non-hydrogen) atoms. The third-order valence-corrected chi connectivity index (χ3v) is 3.50. The van der Waals surface area contributed by atoms with Crippen LogP contribution in [0.3, 0.4) is 0 Å². The van der Waals surface area contributed by atoms with Crippen molar-refractivity contribution in [1.82, 2.24) is 5.32 Å². The quantitative estimate of drug-likeness (QED) is 0.772. The van der Waals surface area contributed by atoms with E-state index in [0.717, 1.165) is 18.8 Å². The average molecular weight is 227 g/mol. The number of rotatable bonds is 4. The zero-order chi connectivity index (χ0) is 12.1. The van der Waals surface area contributed by atoms with Gasteiger partial charge in [0.05, 0.1) is 12.5 Å². The summed E-state index contributed by atoms with van der Waals surface area (Å²) in [6, 6.07) is 0.326. The van der Waals surface area contributed by atoms with Crippen LogP contribution in [0.4, 0.5) is 0 Å². The lowest BCUT2D eigenvalue weighted by atomic mass is 9.79. The molecule has 0 bridgehead atoms. The topological polar surface area (TPSA) is 49.3 Å². The molecule has 0 aromatic heterocycles. The Kier molecular flexibility index (Phi) is 5.26. The Morgan fingerprint density at radius 3 is 2.62 bits per heavy atom. The van der Waals surface area contributed by atoms with Crippen molar-refractivity contribution in [2.45, 2.75) is 65.0 Å². The van der Waals surface area contributed by atoms with E-state index in [2.05, 4.69) is 19.2 Å². The highest BCUT2D eigenvalue weighted by atomic mass is 16.3. The van der Waals surface area contributed by atoms with Gasteiger partial charge in [-0.05, 0) is 31.6 Å². The molecule has 0 heterocycles. The highest BCUT2D eigenvalue weighted by Crippen LogP contribution is 2.29. The van der Waals surface area contributed by atoms with Gasteiger partial charge in [0.2, 0.25) is 5.91 Å². The lowest BCUT2D eigenvalue weighted by Crippen LogP contribution is -2.40. The number of aliphatic hydroxyl groups is 1. The first-order valence-electron chi connectivity index (χ1n) is 6.46. The molecule has 0 saturated heterocycles. The molecule has 1 aliphatic rings. The zero-order valence-electron chi connectivity index (χ0n) is 10.7. The fraction of sp³-hybridized carbons (Fsp3) is 0.923. The molecule has 0 aromatic rings. The molecule has 3 atom stereocenters. The Labute approximate surface area is 98.6 Å². The van der Waals surface area contributed by atoms with E-state index in [4.69, 9.17) is 5.11 Å². The number of amides is 1. The van der Waals surface area contributed by atoms with E-state index >= 15 is 0 Å². The minimum Gasteiger partial charge on any atom is -0.393 e. The summed E-state index contributed by atoms with van der Waals surface area (Å²) in [5, 5.41) is 12.2. The number of nitrogens with one attached hydrogen (secondary N) is 1. The summed E-state index contributed by atoms with van der Waals surface area (Å²) in [4.78, 5) is 11.5. The summed E-state index contributed by atoms with van der Waals surface area (Å²) in [5.41, 5.74) is 0.